The van der Waals surface area contributed by atoms with Crippen molar-refractivity contribution in [3.05, 3.63) is 59.8 Å². The number of anilines is 1. The van der Waals surface area contributed by atoms with Gasteiger partial charge in [-0.05, 0) is 30.3 Å². The fraction of sp³-hybridized carbons (Fsp3) is 0.211. The van der Waals surface area contributed by atoms with Crippen LogP contribution in [0.4, 0.5) is 5.69 Å². The third-order valence-corrected chi connectivity index (χ3v) is 8.18. The molecule has 0 atom stereocenters. The molecule has 0 aliphatic carbocycles. The number of nitrogens with one attached hydrogen (secondary N) is 1. The van der Waals surface area contributed by atoms with E-state index in [1.165, 1.54) is 34.8 Å². The Morgan fingerprint density at radius 3 is 2.38 bits per heavy atom. The maximum Gasteiger partial charge on any atom is 0.264 e. The molecular formula is C19H20ClN3O4S2. The second-order valence-electron chi connectivity index (χ2n) is 6.17. The number of rotatable bonds is 7. The number of nitrogens with zero attached hydrogens (tertiary/aromatic N) is 2. The van der Waals surface area contributed by atoms with E-state index < -0.39 is 20.0 Å². The molecule has 7 nitrogen and oxygen atoms in total. The maximum absolute atomic E-state index is 13.0. The first-order chi connectivity index (χ1) is 13.7. The van der Waals surface area contributed by atoms with E-state index in [1.54, 1.807) is 38.1 Å². The summed E-state index contributed by atoms with van der Waals surface area (Å²) in [6.45, 7) is 4.05. The number of pyridine rings is 1. The minimum Gasteiger partial charge on any atom is -0.278 e. The van der Waals surface area contributed by atoms with Crippen LogP contribution in [-0.4, -0.2) is 39.2 Å². The highest BCUT2D eigenvalue weighted by Crippen LogP contribution is 2.30. The number of para-hydroxylation sites is 1. The molecule has 0 fully saturated rings. The predicted molar refractivity (Wildman–Crippen MR) is 114 cm³/mol. The fourth-order valence-electron chi connectivity index (χ4n) is 2.95. The topological polar surface area (TPSA) is 96.4 Å². The van der Waals surface area contributed by atoms with Gasteiger partial charge in [0.15, 0.2) is 0 Å². The lowest BCUT2D eigenvalue weighted by atomic mass is 10.2. The molecule has 1 aromatic heterocycles. The third-order valence-electron chi connectivity index (χ3n) is 4.41. The van der Waals surface area contributed by atoms with Gasteiger partial charge in [-0.2, -0.15) is 4.31 Å². The highest BCUT2D eigenvalue weighted by atomic mass is 35.5. The molecule has 10 heteroatoms. The van der Waals surface area contributed by atoms with Crippen LogP contribution in [0.15, 0.2) is 64.5 Å². The predicted octanol–water partition coefficient (Wildman–Crippen LogP) is 3.72. The van der Waals surface area contributed by atoms with E-state index >= 15 is 0 Å². The zero-order chi connectivity index (χ0) is 21.2. The largest absolute Gasteiger partial charge is 0.278 e. The van der Waals surface area contributed by atoms with Gasteiger partial charge in [0.1, 0.15) is 4.90 Å². The number of aromatic nitrogens is 1. The molecule has 1 heterocycles. The van der Waals surface area contributed by atoms with Crippen LogP contribution < -0.4 is 4.72 Å². The molecule has 1 N–H and O–H groups in total. The number of hydrogen-bond donors (Lipinski definition) is 1. The summed E-state index contributed by atoms with van der Waals surface area (Å²) in [5.41, 5.74) is 0.290. The first-order valence-electron chi connectivity index (χ1n) is 8.87. The van der Waals surface area contributed by atoms with Crippen LogP contribution in [0.5, 0.6) is 0 Å². The van der Waals surface area contributed by atoms with Crippen LogP contribution in [-0.2, 0) is 20.0 Å². The molecule has 0 radical (unpaired) electrons. The molecule has 0 bridgehead atoms. The van der Waals surface area contributed by atoms with Crippen LogP contribution in [0.2, 0.25) is 5.02 Å². The molecule has 0 aliphatic rings. The van der Waals surface area contributed by atoms with Crippen molar-refractivity contribution in [1.82, 2.24) is 9.29 Å². The molecule has 0 spiro atoms. The second-order valence-corrected chi connectivity index (χ2v) is 10.2. The summed E-state index contributed by atoms with van der Waals surface area (Å²) in [5.74, 6) is 0. The minimum absolute atomic E-state index is 0.0205. The van der Waals surface area contributed by atoms with Crippen LogP contribution in [0.1, 0.15) is 13.8 Å². The van der Waals surface area contributed by atoms with Gasteiger partial charge in [0.2, 0.25) is 10.0 Å². The van der Waals surface area contributed by atoms with Crippen molar-refractivity contribution in [2.75, 3.05) is 17.8 Å². The summed E-state index contributed by atoms with van der Waals surface area (Å²) in [4.78, 5) is 4.09. The van der Waals surface area contributed by atoms with Crippen molar-refractivity contribution in [3.8, 4) is 0 Å². The normalized spacial score (nSPS) is 12.4. The van der Waals surface area contributed by atoms with Gasteiger partial charge in [-0.15, -0.1) is 0 Å². The molecular weight excluding hydrogens is 434 g/mol. The molecule has 0 aliphatic heterocycles. The van der Waals surface area contributed by atoms with Crippen molar-refractivity contribution in [3.63, 3.8) is 0 Å². The molecule has 0 amide bonds. The first kappa shape index (κ1) is 21.5. The lowest BCUT2D eigenvalue weighted by Crippen LogP contribution is -2.30. The van der Waals surface area contributed by atoms with Crippen molar-refractivity contribution in [2.24, 2.45) is 0 Å². The van der Waals surface area contributed by atoms with Gasteiger partial charge in [-0.1, -0.05) is 43.6 Å². The zero-order valence-electron chi connectivity index (χ0n) is 15.8. The Balaban J connectivity index is 2.06. The van der Waals surface area contributed by atoms with Crippen molar-refractivity contribution < 1.29 is 16.8 Å². The Kier molecular flexibility index (Phi) is 6.13. The van der Waals surface area contributed by atoms with E-state index in [0.717, 1.165) is 0 Å². The van der Waals surface area contributed by atoms with E-state index in [4.69, 9.17) is 11.6 Å². The first-order valence-corrected chi connectivity index (χ1v) is 12.2. The van der Waals surface area contributed by atoms with Gasteiger partial charge in [-0.25, -0.2) is 16.8 Å². The monoisotopic (exact) mass is 453 g/mol. The Hall–Kier alpha value is -2.20. The van der Waals surface area contributed by atoms with Gasteiger partial charge in [0, 0.05) is 24.7 Å². The van der Waals surface area contributed by atoms with E-state index in [0.29, 0.717) is 24.0 Å². The Morgan fingerprint density at radius 1 is 1.00 bits per heavy atom. The Bertz CT molecular complexity index is 1250. The quantitative estimate of drug-likeness (QED) is 0.588. The molecule has 0 saturated heterocycles. The lowest BCUT2D eigenvalue weighted by Gasteiger charge is -2.19. The molecule has 0 unspecified atom stereocenters. The lowest BCUT2D eigenvalue weighted by molar-refractivity contribution is 0.445. The summed E-state index contributed by atoms with van der Waals surface area (Å²) in [5, 5.41) is 0.750. The van der Waals surface area contributed by atoms with Crippen LogP contribution >= 0.6 is 11.6 Å². The summed E-state index contributed by atoms with van der Waals surface area (Å²) in [7, 11) is -7.83. The van der Waals surface area contributed by atoms with Gasteiger partial charge in [-0.3, -0.25) is 9.71 Å². The fourth-order valence-corrected chi connectivity index (χ4v) is 5.91. The standard InChI is InChI=1S/C19H20ClN3O4S2/c1-3-23(4-2)29(26,27)15-10-11-16(20)17(13-15)22-28(24,25)18-9-5-7-14-8-6-12-21-19(14)18/h5-13,22H,3-4H2,1-2H3. The molecule has 154 valence electrons. The van der Waals surface area contributed by atoms with Gasteiger partial charge in [0.25, 0.3) is 10.0 Å². The number of hydrogen-bond acceptors (Lipinski definition) is 5. The third kappa shape index (κ3) is 4.23. The Morgan fingerprint density at radius 2 is 1.69 bits per heavy atom. The van der Waals surface area contributed by atoms with E-state index in [9.17, 15) is 16.8 Å². The Labute approximate surface area is 175 Å². The summed E-state index contributed by atoms with van der Waals surface area (Å²) < 4.78 is 55.2. The van der Waals surface area contributed by atoms with E-state index in [1.807, 2.05) is 0 Å². The second kappa shape index (κ2) is 8.27. The molecule has 2 aromatic carbocycles. The maximum atomic E-state index is 13.0. The smallest absolute Gasteiger partial charge is 0.264 e. The molecule has 3 rings (SSSR count). The highest BCUT2D eigenvalue weighted by Gasteiger charge is 2.24. The number of fused-ring (bicyclic) bond motifs is 1. The van der Waals surface area contributed by atoms with E-state index in [2.05, 4.69) is 9.71 Å². The summed E-state index contributed by atoms with van der Waals surface area (Å²) in [6.07, 6.45) is 1.51. The average molecular weight is 454 g/mol. The van der Waals surface area contributed by atoms with Crippen molar-refractivity contribution >= 4 is 48.2 Å². The van der Waals surface area contributed by atoms with Crippen molar-refractivity contribution in [1.29, 1.82) is 0 Å². The van der Waals surface area contributed by atoms with Gasteiger partial charge >= 0.3 is 0 Å². The zero-order valence-corrected chi connectivity index (χ0v) is 18.2. The van der Waals surface area contributed by atoms with Crippen LogP contribution in [0, 0.1) is 0 Å². The average Bonchev–Trinajstić information content (AvgIpc) is 2.69. The van der Waals surface area contributed by atoms with Gasteiger partial charge < -0.3 is 0 Å². The summed E-state index contributed by atoms with van der Waals surface area (Å²) in [6, 6.07) is 12.2. The van der Waals surface area contributed by atoms with Crippen molar-refractivity contribution in [2.45, 2.75) is 23.6 Å². The van der Waals surface area contributed by atoms with Gasteiger partial charge in [0.05, 0.1) is 21.1 Å². The molecule has 29 heavy (non-hydrogen) atoms. The van der Waals surface area contributed by atoms with Crippen LogP contribution in [0.25, 0.3) is 10.9 Å². The number of sulfonamides is 2. The summed E-state index contributed by atoms with van der Waals surface area (Å²) >= 11 is 6.15. The number of halogens is 1. The van der Waals surface area contributed by atoms with E-state index in [-0.39, 0.29) is 20.5 Å². The highest BCUT2D eigenvalue weighted by molar-refractivity contribution is 7.93. The molecule has 3 aromatic rings. The molecule has 0 saturated carbocycles. The minimum atomic E-state index is -4.06. The SMILES string of the molecule is CCN(CC)S(=O)(=O)c1ccc(Cl)c(NS(=O)(=O)c2cccc3cccnc23)c1. The van der Waals surface area contributed by atoms with Crippen LogP contribution in [0.3, 0.4) is 0 Å². The number of benzene rings is 2.